The Balaban J connectivity index is 2.82. The highest BCUT2D eigenvalue weighted by molar-refractivity contribution is 4.45. The van der Waals surface area contributed by atoms with Crippen LogP contribution in [0.5, 0.6) is 0 Å². The van der Waals surface area contributed by atoms with Crippen LogP contribution >= 0.6 is 0 Å². The molecule has 1 N–H and O–H groups in total. The smallest absolute Gasteiger partial charge is 0.154 e. The van der Waals surface area contributed by atoms with E-state index in [0.29, 0.717) is 6.61 Å². The molecule has 0 aromatic rings. The third kappa shape index (κ3) is 9.92. The minimum absolute atomic E-state index is 0.636. The Morgan fingerprint density at radius 1 is 1.17 bits per heavy atom. The summed E-state index contributed by atoms with van der Waals surface area (Å²) in [7, 11) is 0. The van der Waals surface area contributed by atoms with Crippen LogP contribution in [0.3, 0.4) is 0 Å². The fourth-order valence-corrected chi connectivity index (χ4v) is 1.10. The lowest BCUT2D eigenvalue weighted by atomic mass is 10.1. The second-order valence-corrected chi connectivity index (χ2v) is 3.09. The minimum atomic E-state index is -0.847. The van der Waals surface area contributed by atoms with E-state index in [2.05, 4.69) is 13.8 Å². The van der Waals surface area contributed by atoms with Crippen molar-refractivity contribution in [2.24, 2.45) is 0 Å². The highest BCUT2D eigenvalue weighted by atomic mass is 16.6. The van der Waals surface area contributed by atoms with Gasteiger partial charge in [-0.1, -0.05) is 39.0 Å². The Labute approximate surface area is 75.9 Å². The van der Waals surface area contributed by atoms with Crippen LogP contribution in [0.2, 0.25) is 0 Å². The van der Waals surface area contributed by atoms with Gasteiger partial charge in [0.1, 0.15) is 0 Å². The molecule has 0 fully saturated rings. The molecule has 1 radical (unpaired) electrons. The van der Waals surface area contributed by atoms with Crippen LogP contribution in [-0.4, -0.2) is 18.0 Å². The van der Waals surface area contributed by atoms with Crippen LogP contribution in [0.4, 0.5) is 0 Å². The Hall–Kier alpha value is -0.0800. The highest BCUT2D eigenvalue weighted by Gasteiger charge is 1.94. The second kappa shape index (κ2) is 9.01. The summed E-state index contributed by atoms with van der Waals surface area (Å²) in [6.45, 7) is 6.17. The van der Waals surface area contributed by atoms with Crippen molar-refractivity contribution in [2.45, 2.75) is 51.7 Å². The van der Waals surface area contributed by atoms with E-state index in [1.54, 1.807) is 0 Å². The summed E-state index contributed by atoms with van der Waals surface area (Å²) < 4.78 is 4.89. The van der Waals surface area contributed by atoms with Crippen LogP contribution in [0, 0.1) is 6.92 Å². The number of hydrogen-bond donors (Lipinski definition) is 1. The van der Waals surface area contributed by atoms with Crippen LogP contribution < -0.4 is 0 Å². The molecule has 2 nitrogen and oxygen atoms in total. The maximum absolute atomic E-state index is 8.66. The number of ether oxygens (including phenoxy) is 1. The van der Waals surface area contributed by atoms with E-state index < -0.39 is 6.29 Å². The van der Waals surface area contributed by atoms with E-state index in [4.69, 9.17) is 9.84 Å². The molecule has 0 aliphatic carbocycles. The third-order valence-electron chi connectivity index (χ3n) is 1.81. The number of aliphatic hydroxyl groups is 1. The number of hydrogen-bond acceptors (Lipinski definition) is 2. The first kappa shape index (κ1) is 11.9. The van der Waals surface area contributed by atoms with E-state index in [1.165, 1.54) is 32.1 Å². The van der Waals surface area contributed by atoms with Gasteiger partial charge in [-0.15, -0.1) is 0 Å². The van der Waals surface area contributed by atoms with Gasteiger partial charge in [0.05, 0.1) is 0 Å². The van der Waals surface area contributed by atoms with Crippen LogP contribution in [0.15, 0.2) is 0 Å². The lowest BCUT2D eigenvalue weighted by Crippen LogP contribution is -2.07. The van der Waals surface area contributed by atoms with Gasteiger partial charge in [0.25, 0.3) is 0 Å². The van der Waals surface area contributed by atoms with Crippen molar-refractivity contribution < 1.29 is 9.84 Å². The molecule has 0 aliphatic heterocycles. The summed E-state index contributed by atoms with van der Waals surface area (Å²) in [4.78, 5) is 0. The van der Waals surface area contributed by atoms with E-state index in [9.17, 15) is 0 Å². The Kier molecular flexibility index (Phi) is 8.95. The van der Waals surface area contributed by atoms with Gasteiger partial charge in [-0.05, 0) is 6.42 Å². The van der Waals surface area contributed by atoms with Crippen molar-refractivity contribution in [3.8, 4) is 0 Å². The van der Waals surface area contributed by atoms with Crippen LogP contribution in [0.25, 0.3) is 0 Å². The maximum Gasteiger partial charge on any atom is 0.154 e. The van der Waals surface area contributed by atoms with Gasteiger partial charge in [-0.3, -0.25) is 0 Å². The number of rotatable bonds is 8. The predicted molar refractivity (Wildman–Crippen MR) is 50.7 cm³/mol. The SMILES string of the molecule is [CH2]C(O)OCCCCCCCC. The lowest BCUT2D eigenvalue weighted by molar-refractivity contribution is -0.0672. The van der Waals surface area contributed by atoms with Crippen LogP contribution in [-0.2, 0) is 4.74 Å². The van der Waals surface area contributed by atoms with E-state index in [0.717, 1.165) is 6.42 Å². The fourth-order valence-electron chi connectivity index (χ4n) is 1.10. The van der Waals surface area contributed by atoms with Gasteiger partial charge in [-0.25, -0.2) is 0 Å². The summed E-state index contributed by atoms with van der Waals surface area (Å²) >= 11 is 0. The molecule has 0 amide bonds. The Bertz CT molecular complexity index is 81.9. The zero-order valence-corrected chi connectivity index (χ0v) is 8.09. The average molecular weight is 173 g/mol. The molecule has 0 bridgehead atoms. The average Bonchev–Trinajstić information content (AvgIpc) is 2.02. The topological polar surface area (TPSA) is 29.5 Å². The van der Waals surface area contributed by atoms with E-state index >= 15 is 0 Å². The summed E-state index contributed by atoms with van der Waals surface area (Å²) in [5.41, 5.74) is 0. The molecule has 12 heavy (non-hydrogen) atoms. The second-order valence-electron chi connectivity index (χ2n) is 3.09. The predicted octanol–water partition coefficient (Wildman–Crippen LogP) is 2.52. The van der Waals surface area contributed by atoms with Gasteiger partial charge in [0.2, 0.25) is 0 Å². The Morgan fingerprint density at radius 3 is 2.33 bits per heavy atom. The van der Waals surface area contributed by atoms with Crippen molar-refractivity contribution in [3.63, 3.8) is 0 Å². The monoisotopic (exact) mass is 173 g/mol. The van der Waals surface area contributed by atoms with Crippen molar-refractivity contribution in [3.05, 3.63) is 6.92 Å². The van der Waals surface area contributed by atoms with Crippen LogP contribution in [0.1, 0.15) is 45.4 Å². The molecular formula is C10H21O2. The van der Waals surface area contributed by atoms with Gasteiger partial charge in [-0.2, -0.15) is 0 Å². The summed E-state index contributed by atoms with van der Waals surface area (Å²) in [5, 5.41) is 8.66. The molecule has 0 aromatic heterocycles. The van der Waals surface area contributed by atoms with Crippen molar-refractivity contribution in [2.75, 3.05) is 6.61 Å². The van der Waals surface area contributed by atoms with Crippen molar-refractivity contribution >= 4 is 0 Å². The number of aliphatic hydroxyl groups excluding tert-OH is 1. The molecule has 0 saturated heterocycles. The van der Waals surface area contributed by atoms with Gasteiger partial charge in [0.15, 0.2) is 6.29 Å². The standard InChI is InChI=1S/C10H21O2/c1-3-4-5-6-7-8-9-12-10(2)11/h10-11H,2-9H2,1H3. The number of unbranched alkanes of at least 4 members (excludes halogenated alkanes) is 5. The fraction of sp³-hybridized carbons (Fsp3) is 0.900. The molecule has 0 spiro atoms. The summed E-state index contributed by atoms with van der Waals surface area (Å²) in [6.07, 6.45) is 6.62. The summed E-state index contributed by atoms with van der Waals surface area (Å²) in [6, 6.07) is 0. The lowest BCUT2D eigenvalue weighted by Gasteiger charge is -2.05. The molecule has 73 valence electrons. The first-order valence-electron chi connectivity index (χ1n) is 4.90. The summed E-state index contributed by atoms with van der Waals surface area (Å²) in [5.74, 6) is 0. The third-order valence-corrected chi connectivity index (χ3v) is 1.81. The van der Waals surface area contributed by atoms with E-state index in [1.807, 2.05) is 0 Å². The molecule has 2 heteroatoms. The zero-order valence-electron chi connectivity index (χ0n) is 8.09. The van der Waals surface area contributed by atoms with Gasteiger partial charge >= 0.3 is 0 Å². The molecule has 1 unspecified atom stereocenters. The zero-order chi connectivity index (χ0) is 9.23. The normalized spacial score (nSPS) is 13.2. The molecular weight excluding hydrogens is 152 g/mol. The molecule has 1 atom stereocenters. The first-order chi connectivity index (χ1) is 5.77. The first-order valence-corrected chi connectivity index (χ1v) is 4.90. The molecule has 0 aliphatic rings. The largest absolute Gasteiger partial charge is 0.368 e. The molecule has 0 saturated carbocycles. The highest BCUT2D eigenvalue weighted by Crippen LogP contribution is 2.04. The Morgan fingerprint density at radius 2 is 1.75 bits per heavy atom. The molecule has 0 heterocycles. The van der Waals surface area contributed by atoms with Gasteiger partial charge in [0, 0.05) is 13.5 Å². The molecule has 0 rings (SSSR count). The molecule has 0 aromatic carbocycles. The van der Waals surface area contributed by atoms with Crippen molar-refractivity contribution in [1.29, 1.82) is 0 Å². The van der Waals surface area contributed by atoms with E-state index in [-0.39, 0.29) is 0 Å². The maximum atomic E-state index is 8.66. The van der Waals surface area contributed by atoms with Crippen molar-refractivity contribution in [1.82, 2.24) is 0 Å². The minimum Gasteiger partial charge on any atom is -0.368 e. The quantitative estimate of drug-likeness (QED) is 0.451. The van der Waals surface area contributed by atoms with Gasteiger partial charge < -0.3 is 9.84 Å².